The lowest BCUT2D eigenvalue weighted by atomic mass is 10.0. The van der Waals surface area contributed by atoms with Gasteiger partial charge in [0.25, 0.3) is 5.91 Å². The number of amides is 1. The third-order valence-electron chi connectivity index (χ3n) is 4.40. The minimum absolute atomic E-state index is 0.00464. The van der Waals surface area contributed by atoms with Gasteiger partial charge in [-0.25, -0.2) is 4.98 Å². The van der Waals surface area contributed by atoms with E-state index in [1.165, 1.54) is 0 Å². The second kappa shape index (κ2) is 7.44. The molecule has 0 bridgehead atoms. The number of aliphatic hydroxyl groups excluding tert-OH is 1. The van der Waals surface area contributed by atoms with Crippen molar-refractivity contribution in [3.05, 3.63) is 59.7 Å². The molecular weight excluding hydrogens is 316 g/mol. The van der Waals surface area contributed by atoms with Gasteiger partial charge in [-0.1, -0.05) is 6.07 Å². The third-order valence-corrected chi connectivity index (χ3v) is 4.40. The first-order chi connectivity index (χ1) is 12.1. The van der Waals surface area contributed by atoms with E-state index in [9.17, 15) is 9.90 Å². The fraction of sp³-hybridized carbons (Fsp3) is 0.316. The number of nitrogens with zero attached hydrogens (tertiary/aromatic N) is 3. The summed E-state index contributed by atoms with van der Waals surface area (Å²) in [7, 11) is 1.95. The standard InChI is InChI=1S/C19H22N4O2/c1-13-22-17-10-15(6-7-18(17)23(13)2)19(25)21-11-14(12-24)9-16-5-3-4-8-20-16/h3-8,10,14,24H,9,11-12H2,1-2H3,(H,21,25). The van der Waals surface area contributed by atoms with Crippen LogP contribution in [0, 0.1) is 12.8 Å². The van der Waals surface area contributed by atoms with Crippen molar-refractivity contribution >= 4 is 16.9 Å². The average Bonchev–Trinajstić information content (AvgIpc) is 2.92. The van der Waals surface area contributed by atoms with Gasteiger partial charge in [-0.3, -0.25) is 9.78 Å². The van der Waals surface area contributed by atoms with E-state index in [4.69, 9.17) is 0 Å². The van der Waals surface area contributed by atoms with Crippen LogP contribution < -0.4 is 5.32 Å². The number of aliphatic hydroxyl groups is 1. The molecule has 0 saturated heterocycles. The number of aryl methyl sites for hydroxylation is 2. The molecule has 0 radical (unpaired) electrons. The minimum atomic E-state index is -0.162. The highest BCUT2D eigenvalue weighted by atomic mass is 16.3. The SMILES string of the molecule is Cc1nc2cc(C(=O)NCC(CO)Cc3ccccn3)ccc2n1C. The molecule has 2 N–H and O–H groups in total. The molecule has 0 fully saturated rings. The second-order valence-electron chi connectivity index (χ2n) is 6.21. The number of rotatable bonds is 6. The minimum Gasteiger partial charge on any atom is -0.396 e. The Bertz CT molecular complexity index is 874. The number of carbonyl (C=O) groups excluding carboxylic acids is 1. The van der Waals surface area contributed by atoms with Gasteiger partial charge in [0.15, 0.2) is 0 Å². The van der Waals surface area contributed by atoms with Crippen LogP contribution in [-0.2, 0) is 13.5 Å². The molecule has 0 aliphatic rings. The number of pyridine rings is 1. The van der Waals surface area contributed by atoms with Crippen LogP contribution in [0.15, 0.2) is 42.6 Å². The Hall–Kier alpha value is -2.73. The quantitative estimate of drug-likeness (QED) is 0.719. The van der Waals surface area contributed by atoms with Crippen LogP contribution in [0.3, 0.4) is 0 Å². The lowest BCUT2D eigenvalue weighted by Gasteiger charge is -2.14. The average molecular weight is 338 g/mol. The molecule has 3 aromatic rings. The maximum atomic E-state index is 12.4. The lowest BCUT2D eigenvalue weighted by molar-refractivity contribution is 0.0940. The van der Waals surface area contributed by atoms with Gasteiger partial charge in [0.1, 0.15) is 5.82 Å². The number of carbonyl (C=O) groups is 1. The number of imidazole rings is 1. The van der Waals surface area contributed by atoms with E-state index in [1.807, 2.05) is 42.8 Å². The van der Waals surface area contributed by atoms with E-state index in [-0.39, 0.29) is 18.4 Å². The zero-order chi connectivity index (χ0) is 17.8. The Morgan fingerprint density at radius 1 is 1.32 bits per heavy atom. The van der Waals surface area contributed by atoms with Crippen LogP contribution in [0.5, 0.6) is 0 Å². The van der Waals surface area contributed by atoms with E-state index in [0.717, 1.165) is 22.6 Å². The maximum Gasteiger partial charge on any atom is 0.251 e. The van der Waals surface area contributed by atoms with E-state index in [1.54, 1.807) is 18.3 Å². The van der Waals surface area contributed by atoms with Crippen molar-refractivity contribution in [3.8, 4) is 0 Å². The topological polar surface area (TPSA) is 80.0 Å². The fourth-order valence-electron chi connectivity index (χ4n) is 2.82. The summed E-state index contributed by atoms with van der Waals surface area (Å²) >= 11 is 0. The molecule has 2 heterocycles. The van der Waals surface area contributed by atoms with Gasteiger partial charge in [0.2, 0.25) is 0 Å². The highest BCUT2D eigenvalue weighted by molar-refractivity contribution is 5.97. The first-order valence-electron chi connectivity index (χ1n) is 8.30. The number of benzene rings is 1. The number of fused-ring (bicyclic) bond motifs is 1. The van der Waals surface area contributed by atoms with Gasteiger partial charge >= 0.3 is 0 Å². The lowest BCUT2D eigenvalue weighted by Crippen LogP contribution is -2.32. The molecule has 2 aromatic heterocycles. The second-order valence-corrected chi connectivity index (χ2v) is 6.21. The summed E-state index contributed by atoms with van der Waals surface area (Å²) in [5, 5.41) is 12.4. The summed E-state index contributed by atoms with van der Waals surface area (Å²) in [4.78, 5) is 21.1. The largest absolute Gasteiger partial charge is 0.396 e. The monoisotopic (exact) mass is 338 g/mol. The van der Waals surface area contributed by atoms with E-state index in [2.05, 4.69) is 15.3 Å². The molecule has 1 aromatic carbocycles. The van der Waals surface area contributed by atoms with Crippen molar-refractivity contribution in [1.29, 1.82) is 0 Å². The van der Waals surface area contributed by atoms with Gasteiger partial charge in [0.05, 0.1) is 11.0 Å². The summed E-state index contributed by atoms with van der Waals surface area (Å²) in [5.41, 5.74) is 3.28. The van der Waals surface area contributed by atoms with Crippen molar-refractivity contribution in [2.45, 2.75) is 13.3 Å². The molecule has 0 aliphatic heterocycles. The van der Waals surface area contributed by atoms with Gasteiger partial charge in [-0.2, -0.15) is 0 Å². The Morgan fingerprint density at radius 3 is 2.88 bits per heavy atom. The van der Waals surface area contributed by atoms with Crippen LogP contribution in [0.25, 0.3) is 11.0 Å². The van der Waals surface area contributed by atoms with Crippen LogP contribution in [-0.4, -0.2) is 38.7 Å². The molecule has 1 atom stereocenters. The highest BCUT2D eigenvalue weighted by Gasteiger charge is 2.14. The molecule has 6 heteroatoms. The Labute approximate surface area is 146 Å². The molecule has 25 heavy (non-hydrogen) atoms. The molecule has 1 amide bonds. The molecule has 6 nitrogen and oxygen atoms in total. The summed E-state index contributed by atoms with van der Waals surface area (Å²) in [5.74, 6) is 0.674. The zero-order valence-electron chi connectivity index (χ0n) is 14.4. The smallest absolute Gasteiger partial charge is 0.251 e. The predicted molar refractivity (Wildman–Crippen MR) is 96.3 cm³/mol. The summed E-state index contributed by atoms with van der Waals surface area (Å²) in [6, 6.07) is 11.2. The van der Waals surface area contributed by atoms with E-state index < -0.39 is 0 Å². The molecule has 3 rings (SSSR count). The van der Waals surface area contributed by atoms with Crippen molar-refractivity contribution in [3.63, 3.8) is 0 Å². The predicted octanol–water partition coefficient (Wildman–Crippen LogP) is 1.86. The van der Waals surface area contributed by atoms with Gasteiger partial charge in [0, 0.05) is 43.6 Å². The fourth-order valence-corrected chi connectivity index (χ4v) is 2.82. The van der Waals surface area contributed by atoms with Crippen LogP contribution in [0.4, 0.5) is 0 Å². The number of nitrogens with one attached hydrogen (secondary N) is 1. The molecule has 0 spiro atoms. The van der Waals surface area contributed by atoms with Crippen molar-refractivity contribution < 1.29 is 9.90 Å². The van der Waals surface area contributed by atoms with Crippen molar-refractivity contribution in [1.82, 2.24) is 19.9 Å². The molecule has 130 valence electrons. The van der Waals surface area contributed by atoms with Crippen LogP contribution >= 0.6 is 0 Å². The summed E-state index contributed by atoms with van der Waals surface area (Å²) in [6.45, 7) is 2.32. The first kappa shape index (κ1) is 17.1. The van der Waals surface area contributed by atoms with E-state index in [0.29, 0.717) is 18.5 Å². The highest BCUT2D eigenvalue weighted by Crippen LogP contribution is 2.16. The van der Waals surface area contributed by atoms with E-state index >= 15 is 0 Å². The third kappa shape index (κ3) is 3.85. The Kier molecular flexibility index (Phi) is 5.09. The normalized spacial score (nSPS) is 12.3. The number of hydrogen-bond donors (Lipinski definition) is 2. The van der Waals surface area contributed by atoms with Crippen LogP contribution in [0.1, 0.15) is 21.9 Å². The van der Waals surface area contributed by atoms with Crippen LogP contribution in [0.2, 0.25) is 0 Å². The van der Waals surface area contributed by atoms with Gasteiger partial charge in [-0.05, 0) is 43.7 Å². The molecular formula is C19H22N4O2. The van der Waals surface area contributed by atoms with Crippen molar-refractivity contribution in [2.24, 2.45) is 13.0 Å². The van der Waals surface area contributed by atoms with Gasteiger partial charge < -0.3 is 15.0 Å². The maximum absolute atomic E-state index is 12.4. The Morgan fingerprint density at radius 2 is 2.16 bits per heavy atom. The molecule has 0 saturated carbocycles. The molecule has 0 aliphatic carbocycles. The summed E-state index contributed by atoms with van der Waals surface area (Å²) in [6.07, 6.45) is 2.35. The number of hydrogen-bond acceptors (Lipinski definition) is 4. The van der Waals surface area contributed by atoms with Crippen molar-refractivity contribution in [2.75, 3.05) is 13.2 Å². The first-order valence-corrected chi connectivity index (χ1v) is 8.30. The Balaban J connectivity index is 1.65. The zero-order valence-corrected chi connectivity index (χ0v) is 14.4. The van der Waals surface area contributed by atoms with Gasteiger partial charge in [-0.15, -0.1) is 0 Å². The number of aromatic nitrogens is 3. The molecule has 1 unspecified atom stereocenters. The summed E-state index contributed by atoms with van der Waals surface area (Å²) < 4.78 is 1.99.